The van der Waals surface area contributed by atoms with Crippen LogP contribution in [0.1, 0.15) is 61.8 Å². The lowest BCUT2D eigenvalue weighted by atomic mass is 9.53. The van der Waals surface area contributed by atoms with Gasteiger partial charge in [-0.1, -0.05) is 0 Å². The fourth-order valence-electron chi connectivity index (χ4n) is 6.70. The Kier molecular flexibility index (Phi) is 2.89. The molecule has 2 heterocycles. The van der Waals surface area contributed by atoms with E-state index in [1.165, 1.54) is 74.4 Å². The molecule has 0 unspecified atom stereocenters. The summed E-state index contributed by atoms with van der Waals surface area (Å²) in [5.41, 5.74) is 1.90. The Bertz CT molecular complexity index is 773. The molecule has 0 spiro atoms. The molecule has 3 nitrogen and oxygen atoms in total. The van der Waals surface area contributed by atoms with E-state index in [4.69, 9.17) is 4.98 Å². The van der Waals surface area contributed by atoms with Crippen molar-refractivity contribution in [1.82, 2.24) is 9.97 Å². The molecule has 2 aromatic heterocycles. The molecule has 126 valence electrons. The van der Waals surface area contributed by atoms with Crippen LogP contribution in [0.3, 0.4) is 0 Å². The van der Waals surface area contributed by atoms with Crippen LogP contribution in [0.25, 0.3) is 10.2 Å². The van der Waals surface area contributed by atoms with Gasteiger partial charge in [-0.15, -0.1) is 11.3 Å². The SMILES string of the molecule is c1nc(NC23CC4CC(CC(C4)C2)C3)c2c3c(sc2n1)CCCC3. The molecule has 0 radical (unpaired) electrons. The molecule has 0 aliphatic heterocycles. The lowest BCUT2D eigenvalue weighted by molar-refractivity contribution is 0.0106. The topological polar surface area (TPSA) is 37.8 Å². The number of nitrogens with zero attached hydrogens (tertiary/aromatic N) is 2. The fourth-order valence-corrected chi connectivity index (χ4v) is 7.93. The van der Waals surface area contributed by atoms with Crippen LogP contribution >= 0.6 is 11.3 Å². The third-order valence-electron chi connectivity index (χ3n) is 7.17. The lowest BCUT2D eigenvalue weighted by Crippen LogP contribution is -2.54. The first-order valence-electron chi connectivity index (χ1n) is 9.81. The molecule has 24 heavy (non-hydrogen) atoms. The average Bonchev–Trinajstić information content (AvgIpc) is 2.92. The van der Waals surface area contributed by atoms with Gasteiger partial charge in [-0.05, 0) is 87.5 Å². The fraction of sp³-hybridized carbons (Fsp3) is 0.700. The van der Waals surface area contributed by atoms with Gasteiger partial charge >= 0.3 is 0 Å². The monoisotopic (exact) mass is 339 g/mol. The zero-order valence-electron chi connectivity index (χ0n) is 14.2. The minimum Gasteiger partial charge on any atom is -0.364 e. The van der Waals surface area contributed by atoms with E-state index in [2.05, 4.69) is 10.3 Å². The molecule has 5 aliphatic carbocycles. The summed E-state index contributed by atoms with van der Waals surface area (Å²) in [7, 11) is 0. The van der Waals surface area contributed by atoms with E-state index < -0.39 is 0 Å². The Morgan fingerprint density at radius 1 is 0.958 bits per heavy atom. The highest BCUT2D eigenvalue weighted by molar-refractivity contribution is 7.19. The third kappa shape index (κ3) is 2.01. The maximum atomic E-state index is 4.75. The highest BCUT2D eigenvalue weighted by Gasteiger charge is 2.51. The summed E-state index contributed by atoms with van der Waals surface area (Å²) >= 11 is 1.92. The molecule has 0 atom stereocenters. The molecule has 0 aromatic carbocycles. The maximum absolute atomic E-state index is 4.75. The summed E-state index contributed by atoms with van der Waals surface area (Å²) in [5.74, 6) is 4.06. The van der Waals surface area contributed by atoms with E-state index in [0.29, 0.717) is 5.54 Å². The van der Waals surface area contributed by atoms with E-state index in [1.54, 1.807) is 16.8 Å². The molecule has 4 saturated carbocycles. The first-order chi connectivity index (χ1) is 11.8. The largest absolute Gasteiger partial charge is 0.364 e. The average molecular weight is 340 g/mol. The molecular formula is C20H25N3S. The van der Waals surface area contributed by atoms with Gasteiger partial charge in [-0.2, -0.15) is 0 Å². The summed E-state index contributed by atoms with van der Waals surface area (Å²) in [6.07, 6.45) is 15.5. The highest BCUT2D eigenvalue weighted by Crippen LogP contribution is 2.57. The van der Waals surface area contributed by atoms with Crippen molar-refractivity contribution in [2.45, 2.75) is 69.7 Å². The minimum atomic E-state index is 0.333. The van der Waals surface area contributed by atoms with Gasteiger partial charge in [0.2, 0.25) is 0 Å². The van der Waals surface area contributed by atoms with Crippen molar-refractivity contribution in [3.63, 3.8) is 0 Å². The van der Waals surface area contributed by atoms with Gasteiger partial charge < -0.3 is 5.32 Å². The van der Waals surface area contributed by atoms with Crippen LogP contribution in [0.15, 0.2) is 6.33 Å². The van der Waals surface area contributed by atoms with Crippen LogP contribution in [-0.4, -0.2) is 15.5 Å². The summed E-state index contributed by atoms with van der Waals surface area (Å²) in [6.45, 7) is 0. The highest BCUT2D eigenvalue weighted by atomic mass is 32.1. The van der Waals surface area contributed by atoms with Crippen LogP contribution in [0.4, 0.5) is 5.82 Å². The standard InChI is InChI=1S/C20H25N3S/c1-2-4-16-15(3-1)17-18(21-11-22-19(17)24-16)23-20-8-12-5-13(9-20)7-14(6-12)10-20/h11-14H,1-10H2,(H,21,22,23). The van der Waals surface area contributed by atoms with Crippen molar-refractivity contribution < 1.29 is 0 Å². The van der Waals surface area contributed by atoms with Gasteiger partial charge in [0.05, 0.1) is 5.39 Å². The minimum absolute atomic E-state index is 0.333. The molecule has 4 bridgehead atoms. The van der Waals surface area contributed by atoms with Crippen molar-refractivity contribution >= 4 is 27.4 Å². The number of aryl methyl sites for hydroxylation is 2. The van der Waals surface area contributed by atoms with Crippen LogP contribution in [0.2, 0.25) is 0 Å². The third-order valence-corrected chi connectivity index (χ3v) is 8.37. The quantitative estimate of drug-likeness (QED) is 0.841. The second-order valence-electron chi connectivity index (χ2n) is 8.94. The Morgan fingerprint density at radius 2 is 1.67 bits per heavy atom. The molecular weight excluding hydrogens is 314 g/mol. The Labute approximate surface area is 147 Å². The van der Waals surface area contributed by atoms with Crippen LogP contribution in [0, 0.1) is 17.8 Å². The normalized spacial score (nSPS) is 36.9. The summed E-state index contributed by atoms with van der Waals surface area (Å²) in [4.78, 5) is 12.1. The van der Waals surface area contributed by atoms with Gasteiger partial charge in [0, 0.05) is 10.4 Å². The van der Waals surface area contributed by atoms with Gasteiger partial charge in [0.15, 0.2) is 0 Å². The van der Waals surface area contributed by atoms with Crippen LogP contribution < -0.4 is 5.32 Å². The van der Waals surface area contributed by atoms with Gasteiger partial charge in [0.1, 0.15) is 17.0 Å². The molecule has 0 amide bonds. The number of thiophene rings is 1. The predicted molar refractivity (Wildman–Crippen MR) is 98.6 cm³/mol. The van der Waals surface area contributed by atoms with E-state index in [0.717, 1.165) is 23.6 Å². The smallest absolute Gasteiger partial charge is 0.138 e. The van der Waals surface area contributed by atoms with E-state index in [9.17, 15) is 0 Å². The Balaban J connectivity index is 1.43. The van der Waals surface area contributed by atoms with Crippen LogP contribution in [-0.2, 0) is 12.8 Å². The first kappa shape index (κ1) is 14.1. The van der Waals surface area contributed by atoms with Crippen molar-refractivity contribution in [3.8, 4) is 0 Å². The first-order valence-corrected chi connectivity index (χ1v) is 10.6. The Morgan fingerprint density at radius 3 is 2.42 bits per heavy atom. The lowest BCUT2D eigenvalue weighted by Gasteiger charge is -2.57. The number of rotatable bonds is 2. The van der Waals surface area contributed by atoms with Gasteiger partial charge in [0.25, 0.3) is 0 Å². The molecule has 7 rings (SSSR count). The van der Waals surface area contributed by atoms with E-state index in [-0.39, 0.29) is 0 Å². The summed E-state index contributed by atoms with van der Waals surface area (Å²) < 4.78 is 0. The number of aromatic nitrogens is 2. The zero-order valence-corrected chi connectivity index (χ0v) is 15.0. The van der Waals surface area contributed by atoms with Crippen molar-refractivity contribution in [1.29, 1.82) is 0 Å². The number of hydrogen-bond acceptors (Lipinski definition) is 4. The zero-order chi connectivity index (χ0) is 15.7. The number of anilines is 1. The summed E-state index contributed by atoms with van der Waals surface area (Å²) in [6, 6.07) is 0. The molecule has 0 saturated heterocycles. The number of fused-ring (bicyclic) bond motifs is 3. The molecule has 2 aromatic rings. The second-order valence-corrected chi connectivity index (χ2v) is 10.0. The number of hydrogen-bond donors (Lipinski definition) is 1. The van der Waals surface area contributed by atoms with E-state index >= 15 is 0 Å². The maximum Gasteiger partial charge on any atom is 0.138 e. The summed E-state index contributed by atoms with van der Waals surface area (Å²) in [5, 5.41) is 5.39. The second kappa shape index (κ2) is 4.94. The molecule has 1 N–H and O–H groups in total. The van der Waals surface area contributed by atoms with Crippen molar-refractivity contribution in [3.05, 3.63) is 16.8 Å². The molecule has 5 aliphatic rings. The molecule has 4 heteroatoms. The van der Waals surface area contributed by atoms with Crippen molar-refractivity contribution in [2.75, 3.05) is 5.32 Å². The van der Waals surface area contributed by atoms with Gasteiger partial charge in [-0.3, -0.25) is 0 Å². The van der Waals surface area contributed by atoms with Crippen molar-refractivity contribution in [2.24, 2.45) is 17.8 Å². The van der Waals surface area contributed by atoms with Crippen LogP contribution in [0.5, 0.6) is 0 Å². The molecule has 4 fully saturated rings. The number of nitrogens with one attached hydrogen (secondary N) is 1. The Hall–Kier alpha value is -1.16. The van der Waals surface area contributed by atoms with E-state index in [1.807, 2.05) is 11.3 Å². The van der Waals surface area contributed by atoms with Gasteiger partial charge in [-0.25, -0.2) is 9.97 Å². The predicted octanol–water partition coefficient (Wildman–Crippen LogP) is 4.95.